The lowest BCUT2D eigenvalue weighted by molar-refractivity contribution is -0.138. The molecule has 1 aliphatic rings. The van der Waals surface area contributed by atoms with E-state index in [1.165, 1.54) is 6.33 Å². The normalized spacial score (nSPS) is 19.6. The van der Waals surface area contributed by atoms with E-state index in [1.807, 2.05) is 4.90 Å². The van der Waals surface area contributed by atoms with E-state index in [9.17, 15) is 9.90 Å². The third-order valence-corrected chi connectivity index (χ3v) is 3.32. The Kier molecular flexibility index (Phi) is 2.39. The van der Waals surface area contributed by atoms with Gasteiger partial charge in [0, 0.05) is 13.6 Å². The number of fused-ring (bicyclic) bond motifs is 1. The molecule has 0 saturated carbocycles. The third-order valence-electron chi connectivity index (χ3n) is 3.32. The van der Waals surface area contributed by atoms with E-state index < -0.39 is 12.0 Å². The molecule has 0 spiro atoms. The van der Waals surface area contributed by atoms with Crippen LogP contribution in [0.3, 0.4) is 0 Å². The minimum Gasteiger partial charge on any atom is -0.480 e. The van der Waals surface area contributed by atoms with Crippen molar-refractivity contribution in [3.05, 3.63) is 12.5 Å². The molecular formula is C11H13N5O2. The predicted octanol–water partition coefficient (Wildman–Crippen LogP) is 0.417. The van der Waals surface area contributed by atoms with Crippen molar-refractivity contribution in [3.8, 4) is 0 Å². The van der Waals surface area contributed by atoms with Crippen LogP contribution in [0.2, 0.25) is 0 Å². The first-order valence-corrected chi connectivity index (χ1v) is 5.80. The SMILES string of the molecule is Cn1ncc2c(N3CCC[C@H]3C(=O)O)ncnc21. The zero-order chi connectivity index (χ0) is 12.7. The number of carboxylic acids is 1. The Morgan fingerprint density at radius 2 is 2.33 bits per heavy atom. The van der Waals surface area contributed by atoms with E-state index in [0.29, 0.717) is 18.8 Å². The highest BCUT2D eigenvalue weighted by molar-refractivity contribution is 5.89. The van der Waals surface area contributed by atoms with Gasteiger partial charge in [0.25, 0.3) is 0 Å². The van der Waals surface area contributed by atoms with Crippen LogP contribution in [-0.2, 0) is 11.8 Å². The molecule has 1 N–H and O–H groups in total. The second kappa shape index (κ2) is 3.94. The van der Waals surface area contributed by atoms with E-state index >= 15 is 0 Å². The zero-order valence-electron chi connectivity index (χ0n) is 9.94. The molecule has 0 amide bonds. The molecule has 94 valence electrons. The molecule has 1 aliphatic heterocycles. The Morgan fingerprint density at radius 3 is 3.11 bits per heavy atom. The van der Waals surface area contributed by atoms with Crippen LogP contribution >= 0.6 is 0 Å². The molecule has 0 bridgehead atoms. The van der Waals surface area contributed by atoms with E-state index in [2.05, 4.69) is 15.1 Å². The van der Waals surface area contributed by atoms with E-state index in [4.69, 9.17) is 0 Å². The summed E-state index contributed by atoms with van der Waals surface area (Å²) in [6, 6.07) is -0.497. The van der Waals surface area contributed by atoms with Gasteiger partial charge in [0.05, 0.1) is 11.6 Å². The first-order chi connectivity index (χ1) is 8.68. The summed E-state index contributed by atoms with van der Waals surface area (Å²) in [5.74, 6) is -0.138. The van der Waals surface area contributed by atoms with Crippen LogP contribution in [-0.4, -0.2) is 43.4 Å². The smallest absolute Gasteiger partial charge is 0.326 e. The molecule has 1 atom stereocenters. The van der Waals surface area contributed by atoms with E-state index in [-0.39, 0.29) is 0 Å². The fraction of sp³-hybridized carbons (Fsp3) is 0.455. The summed E-state index contributed by atoms with van der Waals surface area (Å²) in [6.45, 7) is 0.706. The molecule has 2 aromatic rings. The van der Waals surface area contributed by atoms with Crippen molar-refractivity contribution in [2.75, 3.05) is 11.4 Å². The van der Waals surface area contributed by atoms with Gasteiger partial charge in [-0.05, 0) is 12.8 Å². The molecule has 1 fully saturated rings. The number of anilines is 1. The molecule has 18 heavy (non-hydrogen) atoms. The highest BCUT2D eigenvalue weighted by Gasteiger charge is 2.32. The van der Waals surface area contributed by atoms with Gasteiger partial charge in [-0.15, -0.1) is 0 Å². The molecule has 3 rings (SSSR count). The maximum Gasteiger partial charge on any atom is 0.326 e. The topological polar surface area (TPSA) is 84.1 Å². The lowest BCUT2D eigenvalue weighted by atomic mass is 10.2. The van der Waals surface area contributed by atoms with Crippen LogP contribution in [0.1, 0.15) is 12.8 Å². The Hall–Kier alpha value is -2.18. The van der Waals surface area contributed by atoms with Crippen molar-refractivity contribution in [3.63, 3.8) is 0 Å². The maximum absolute atomic E-state index is 11.2. The van der Waals surface area contributed by atoms with Crippen molar-refractivity contribution in [1.82, 2.24) is 19.7 Å². The Labute approximate surface area is 103 Å². The van der Waals surface area contributed by atoms with Crippen LogP contribution in [0, 0.1) is 0 Å². The summed E-state index contributed by atoms with van der Waals surface area (Å²) in [7, 11) is 1.80. The van der Waals surface area contributed by atoms with E-state index in [1.54, 1.807) is 17.9 Å². The number of nitrogens with zero attached hydrogens (tertiary/aromatic N) is 5. The number of hydrogen-bond donors (Lipinski definition) is 1. The molecule has 0 aromatic carbocycles. The largest absolute Gasteiger partial charge is 0.480 e. The molecule has 7 heteroatoms. The number of rotatable bonds is 2. The number of aliphatic carboxylic acids is 1. The van der Waals surface area contributed by atoms with E-state index in [0.717, 1.165) is 17.5 Å². The highest BCUT2D eigenvalue weighted by atomic mass is 16.4. The minimum absolute atomic E-state index is 0.497. The average Bonchev–Trinajstić information content (AvgIpc) is 2.96. The van der Waals surface area contributed by atoms with Gasteiger partial charge in [-0.2, -0.15) is 5.10 Å². The summed E-state index contributed by atoms with van der Waals surface area (Å²) in [6.07, 6.45) is 4.66. The molecule has 7 nitrogen and oxygen atoms in total. The standard InChI is InChI=1S/C11H13N5O2/c1-15-9-7(5-14-15)10(13-6-12-9)16-4-2-3-8(16)11(17)18/h5-6,8H,2-4H2,1H3,(H,17,18)/t8-/m0/s1. The van der Waals surface area contributed by atoms with Gasteiger partial charge >= 0.3 is 5.97 Å². The van der Waals surface area contributed by atoms with Crippen LogP contribution in [0.15, 0.2) is 12.5 Å². The molecule has 0 unspecified atom stereocenters. The van der Waals surface area contributed by atoms with Crippen molar-refractivity contribution < 1.29 is 9.90 Å². The van der Waals surface area contributed by atoms with Crippen LogP contribution < -0.4 is 4.90 Å². The molecular weight excluding hydrogens is 234 g/mol. The number of aromatic nitrogens is 4. The second-order valence-corrected chi connectivity index (χ2v) is 4.39. The number of carboxylic acid groups (broad SMARTS) is 1. The first-order valence-electron chi connectivity index (χ1n) is 5.80. The van der Waals surface area contributed by atoms with Gasteiger partial charge in [-0.3, -0.25) is 4.68 Å². The lowest BCUT2D eigenvalue weighted by Crippen LogP contribution is -2.36. The monoisotopic (exact) mass is 247 g/mol. The Balaban J connectivity index is 2.11. The van der Waals surface area contributed by atoms with Gasteiger partial charge in [0.15, 0.2) is 5.65 Å². The number of hydrogen-bond acceptors (Lipinski definition) is 5. The van der Waals surface area contributed by atoms with Crippen molar-refractivity contribution in [2.45, 2.75) is 18.9 Å². The van der Waals surface area contributed by atoms with Gasteiger partial charge in [0.2, 0.25) is 0 Å². The zero-order valence-corrected chi connectivity index (χ0v) is 9.94. The summed E-state index contributed by atoms with van der Waals surface area (Å²) in [5, 5.41) is 14.2. The van der Waals surface area contributed by atoms with Crippen molar-refractivity contribution >= 4 is 22.8 Å². The molecule has 1 saturated heterocycles. The molecule has 2 aromatic heterocycles. The van der Waals surface area contributed by atoms with Gasteiger partial charge < -0.3 is 10.0 Å². The lowest BCUT2D eigenvalue weighted by Gasteiger charge is -2.22. The van der Waals surface area contributed by atoms with Crippen LogP contribution in [0.4, 0.5) is 5.82 Å². The quantitative estimate of drug-likeness (QED) is 0.827. The second-order valence-electron chi connectivity index (χ2n) is 4.39. The summed E-state index contributed by atoms with van der Waals surface area (Å²) < 4.78 is 1.66. The van der Waals surface area contributed by atoms with Gasteiger partial charge in [0.1, 0.15) is 18.2 Å². The van der Waals surface area contributed by atoms with Gasteiger partial charge in [-0.25, -0.2) is 14.8 Å². The summed E-state index contributed by atoms with van der Waals surface area (Å²) in [5.41, 5.74) is 0.719. The fourth-order valence-corrected chi connectivity index (χ4v) is 2.46. The predicted molar refractivity (Wildman–Crippen MR) is 64.3 cm³/mol. The fourth-order valence-electron chi connectivity index (χ4n) is 2.46. The highest BCUT2D eigenvalue weighted by Crippen LogP contribution is 2.29. The number of aryl methyl sites for hydroxylation is 1. The Morgan fingerprint density at radius 1 is 1.50 bits per heavy atom. The molecule has 3 heterocycles. The first kappa shape index (κ1) is 10.9. The van der Waals surface area contributed by atoms with Gasteiger partial charge in [-0.1, -0.05) is 0 Å². The Bertz CT molecular complexity index is 608. The summed E-state index contributed by atoms with van der Waals surface area (Å²) in [4.78, 5) is 21.4. The van der Waals surface area contributed by atoms with Crippen LogP contribution in [0.25, 0.3) is 11.0 Å². The minimum atomic E-state index is -0.803. The van der Waals surface area contributed by atoms with Crippen molar-refractivity contribution in [2.24, 2.45) is 7.05 Å². The van der Waals surface area contributed by atoms with Crippen LogP contribution in [0.5, 0.6) is 0 Å². The molecule has 0 aliphatic carbocycles. The average molecular weight is 247 g/mol. The number of carbonyl (C=O) groups is 1. The summed E-state index contributed by atoms with van der Waals surface area (Å²) >= 11 is 0. The maximum atomic E-state index is 11.2. The van der Waals surface area contributed by atoms with Crippen molar-refractivity contribution in [1.29, 1.82) is 0 Å². The molecule has 0 radical (unpaired) electrons. The third kappa shape index (κ3) is 1.51.